The number of piperidine rings is 1. The van der Waals surface area contributed by atoms with Crippen molar-refractivity contribution in [1.82, 2.24) is 20.0 Å². The molecule has 29 heavy (non-hydrogen) atoms. The molecule has 0 spiro atoms. The van der Waals surface area contributed by atoms with Crippen molar-refractivity contribution in [2.75, 3.05) is 20.2 Å². The van der Waals surface area contributed by atoms with Crippen molar-refractivity contribution >= 4 is 11.8 Å². The van der Waals surface area contributed by atoms with Crippen molar-refractivity contribution < 1.29 is 18.7 Å². The zero-order valence-corrected chi connectivity index (χ0v) is 16.1. The second-order valence-corrected chi connectivity index (χ2v) is 6.84. The standard InChI is InChI=1S/C21H22N4O4/c1-28-18-14-25(16-6-3-2-4-7-16)23-19(18)20(26)22-15-9-11-24(12-10-15)21(27)17-8-5-13-29-17/h2-8,13-15H,9-12H2,1H3,(H,22,26). The van der Waals surface area contributed by atoms with Gasteiger partial charge in [0, 0.05) is 19.1 Å². The smallest absolute Gasteiger partial charge is 0.289 e. The molecule has 0 radical (unpaired) electrons. The van der Waals surface area contributed by atoms with Crippen LogP contribution in [-0.4, -0.2) is 52.7 Å². The minimum Gasteiger partial charge on any atom is -0.493 e. The number of methoxy groups -OCH3 is 1. The van der Waals surface area contributed by atoms with Crippen LogP contribution in [0.15, 0.2) is 59.3 Å². The van der Waals surface area contributed by atoms with Gasteiger partial charge in [0.1, 0.15) is 0 Å². The van der Waals surface area contributed by atoms with Gasteiger partial charge in [-0.1, -0.05) is 18.2 Å². The first-order valence-corrected chi connectivity index (χ1v) is 9.48. The van der Waals surface area contributed by atoms with Crippen molar-refractivity contribution in [2.45, 2.75) is 18.9 Å². The van der Waals surface area contributed by atoms with Crippen molar-refractivity contribution in [2.24, 2.45) is 0 Å². The molecule has 2 amide bonds. The van der Waals surface area contributed by atoms with Crippen molar-refractivity contribution in [3.05, 3.63) is 66.4 Å². The number of aromatic nitrogens is 2. The van der Waals surface area contributed by atoms with Crippen LogP contribution in [0.4, 0.5) is 0 Å². The normalized spacial score (nSPS) is 14.6. The Bertz CT molecular complexity index is 974. The monoisotopic (exact) mass is 394 g/mol. The van der Waals surface area contributed by atoms with E-state index in [4.69, 9.17) is 9.15 Å². The largest absolute Gasteiger partial charge is 0.493 e. The Morgan fingerprint density at radius 1 is 1.14 bits per heavy atom. The molecule has 0 aliphatic carbocycles. The van der Waals surface area contributed by atoms with Crippen LogP contribution in [0.2, 0.25) is 0 Å². The quantitative estimate of drug-likeness (QED) is 0.718. The lowest BCUT2D eigenvalue weighted by Gasteiger charge is -2.31. The maximum Gasteiger partial charge on any atom is 0.289 e. The Kier molecular flexibility index (Phi) is 5.33. The number of likely N-dealkylation sites (tertiary alicyclic amines) is 1. The van der Waals surface area contributed by atoms with Crippen molar-refractivity contribution in [3.8, 4) is 11.4 Å². The van der Waals surface area contributed by atoms with E-state index in [1.807, 2.05) is 30.3 Å². The number of hydrogen-bond donors (Lipinski definition) is 1. The maximum atomic E-state index is 12.8. The van der Waals surface area contributed by atoms with Crippen molar-refractivity contribution in [1.29, 1.82) is 0 Å². The van der Waals surface area contributed by atoms with E-state index < -0.39 is 0 Å². The molecule has 1 aliphatic heterocycles. The number of nitrogens with one attached hydrogen (secondary N) is 1. The van der Waals surface area contributed by atoms with Crippen LogP contribution in [0.25, 0.3) is 5.69 Å². The highest BCUT2D eigenvalue weighted by Gasteiger charge is 2.27. The Labute approximate surface area is 168 Å². The zero-order chi connectivity index (χ0) is 20.2. The average molecular weight is 394 g/mol. The van der Waals surface area contributed by atoms with Gasteiger partial charge in [-0.15, -0.1) is 0 Å². The Morgan fingerprint density at radius 3 is 2.55 bits per heavy atom. The van der Waals surface area contributed by atoms with Gasteiger partial charge in [-0.3, -0.25) is 9.59 Å². The first kappa shape index (κ1) is 18.8. The Balaban J connectivity index is 1.39. The summed E-state index contributed by atoms with van der Waals surface area (Å²) in [7, 11) is 1.52. The summed E-state index contributed by atoms with van der Waals surface area (Å²) >= 11 is 0. The fraction of sp³-hybridized carbons (Fsp3) is 0.286. The molecule has 0 atom stereocenters. The van der Waals surface area contributed by atoms with Crippen LogP contribution in [-0.2, 0) is 0 Å². The van der Waals surface area contributed by atoms with Gasteiger partial charge in [-0.25, -0.2) is 4.68 Å². The lowest BCUT2D eigenvalue weighted by Crippen LogP contribution is -2.46. The molecule has 8 heteroatoms. The number of carbonyl (C=O) groups excluding carboxylic acids is 2. The van der Waals surface area contributed by atoms with E-state index in [2.05, 4.69) is 10.4 Å². The molecule has 8 nitrogen and oxygen atoms in total. The van der Waals surface area contributed by atoms with Gasteiger partial charge in [0.2, 0.25) is 0 Å². The van der Waals surface area contributed by atoms with Crippen LogP contribution in [0.1, 0.15) is 33.9 Å². The third-order valence-electron chi connectivity index (χ3n) is 4.99. The number of furan rings is 1. The number of nitrogens with zero attached hydrogens (tertiary/aromatic N) is 3. The van der Waals surface area contributed by atoms with E-state index in [-0.39, 0.29) is 23.6 Å². The molecule has 1 fully saturated rings. The second kappa shape index (κ2) is 8.22. The van der Waals surface area contributed by atoms with Gasteiger partial charge in [0.15, 0.2) is 17.2 Å². The van der Waals surface area contributed by atoms with E-state index in [1.165, 1.54) is 13.4 Å². The molecule has 0 saturated carbocycles. The number of amides is 2. The number of carbonyl (C=O) groups is 2. The van der Waals surface area contributed by atoms with E-state index in [0.29, 0.717) is 37.4 Å². The summed E-state index contributed by atoms with van der Waals surface area (Å²) < 4.78 is 12.1. The van der Waals surface area contributed by atoms with E-state index in [9.17, 15) is 9.59 Å². The van der Waals surface area contributed by atoms with E-state index >= 15 is 0 Å². The Hall–Kier alpha value is -3.55. The molecule has 150 valence electrons. The molecule has 3 heterocycles. The highest BCUT2D eigenvalue weighted by molar-refractivity contribution is 5.95. The van der Waals surface area contributed by atoms with Gasteiger partial charge < -0.3 is 19.4 Å². The van der Waals surface area contributed by atoms with Gasteiger partial charge in [0.25, 0.3) is 11.8 Å². The number of benzene rings is 1. The summed E-state index contributed by atoms with van der Waals surface area (Å²) in [4.78, 5) is 26.9. The first-order valence-electron chi connectivity index (χ1n) is 9.48. The maximum absolute atomic E-state index is 12.8. The molecule has 4 rings (SSSR count). The topological polar surface area (TPSA) is 89.6 Å². The van der Waals surface area contributed by atoms with Crippen LogP contribution in [0, 0.1) is 0 Å². The van der Waals surface area contributed by atoms with E-state index in [1.54, 1.807) is 27.9 Å². The number of hydrogen-bond acceptors (Lipinski definition) is 5. The summed E-state index contributed by atoms with van der Waals surface area (Å²) in [6, 6.07) is 12.9. The number of rotatable bonds is 5. The molecule has 2 aromatic heterocycles. The SMILES string of the molecule is COc1cn(-c2ccccc2)nc1C(=O)NC1CCN(C(=O)c2ccco2)CC1. The minimum absolute atomic E-state index is 0.0327. The fourth-order valence-corrected chi connectivity index (χ4v) is 3.41. The molecule has 1 saturated heterocycles. The van der Waals surface area contributed by atoms with Crippen LogP contribution < -0.4 is 10.1 Å². The fourth-order valence-electron chi connectivity index (χ4n) is 3.41. The van der Waals surface area contributed by atoms with Gasteiger partial charge >= 0.3 is 0 Å². The van der Waals surface area contributed by atoms with Gasteiger partial charge in [-0.2, -0.15) is 5.10 Å². The summed E-state index contributed by atoms with van der Waals surface area (Å²) in [5.74, 6) is 0.343. The third-order valence-corrected chi connectivity index (χ3v) is 4.99. The first-order chi connectivity index (χ1) is 14.2. The van der Waals surface area contributed by atoms with Gasteiger partial charge in [-0.05, 0) is 37.1 Å². The average Bonchev–Trinajstić information content (AvgIpc) is 3.44. The molecular weight excluding hydrogens is 372 g/mol. The highest BCUT2D eigenvalue weighted by atomic mass is 16.5. The second-order valence-electron chi connectivity index (χ2n) is 6.84. The molecule has 1 aliphatic rings. The number of ether oxygens (including phenoxy) is 1. The van der Waals surface area contributed by atoms with Crippen LogP contribution in [0.5, 0.6) is 5.75 Å². The third kappa shape index (κ3) is 4.01. The predicted molar refractivity (Wildman–Crippen MR) is 105 cm³/mol. The summed E-state index contributed by atoms with van der Waals surface area (Å²) in [5, 5.41) is 7.41. The lowest BCUT2D eigenvalue weighted by molar-refractivity contribution is 0.0667. The van der Waals surface area contributed by atoms with Crippen LogP contribution >= 0.6 is 0 Å². The number of para-hydroxylation sites is 1. The summed E-state index contributed by atoms with van der Waals surface area (Å²) in [5.41, 5.74) is 1.08. The highest BCUT2D eigenvalue weighted by Crippen LogP contribution is 2.21. The molecule has 3 aromatic rings. The molecule has 1 aromatic carbocycles. The van der Waals surface area contributed by atoms with Crippen molar-refractivity contribution in [3.63, 3.8) is 0 Å². The van der Waals surface area contributed by atoms with Gasteiger partial charge in [0.05, 0.1) is 25.3 Å². The zero-order valence-electron chi connectivity index (χ0n) is 16.1. The minimum atomic E-state index is -0.285. The molecule has 0 bridgehead atoms. The Morgan fingerprint density at radius 2 is 1.90 bits per heavy atom. The summed E-state index contributed by atoms with van der Waals surface area (Å²) in [6.07, 6.45) is 4.51. The lowest BCUT2D eigenvalue weighted by atomic mass is 10.0. The summed E-state index contributed by atoms with van der Waals surface area (Å²) in [6.45, 7) is 1.11. The molecule has 0 unspecified atom stereocenters. The van der Waals surface area contributed by atoms with E-state index in [0.717, 1.165) is 5.69 Å². The predicted octanol–water partition coefficient (Wildman–Crippen LogP) is 2.51. The molecule has 1 N–H and O–H groups in total. The van der Waals surface area contributed by atoms with Crippen LogP contribution in [0.3, 0.4) is 0 Å². The molecular formula is C21H22N4O4.